The summed E-state index contributed by atoms with van der Waals surface area (Å²) in [6.07, 6.45) is 2.22. The smallest absolute Gasteiger partial charge is 0.272 e. The summed E-state index contributed by atoms with van der Waals surface area (Å²) in [4.78, 5) is 25.1. The minimum atomic E-state index is -0.340. The highest BCUT2D eigenvalue weighted by Crippen LogP contribution is 2.38. The molecule has 0 bridgehead atoms. The Kier molecular flexibility index (Phi) is 3.78. The molecule has 1 aliphatic carbocycles. The van der Waals surface area contributed by atoms with E-state index in [1.165, 1.54) is 4.68 Å². The Labute approximate surface area is 154 Å². The second-order valence-electron chi connectivity index (χ2n) is 7.12. The molecule has 3 heterocycles. The second-order valence-corrected chi connectivity index (χ2v) is 7.12. The van der Waals surface area contributed by atoms with Gasteiger partial charge in [-0.2, -0.15) is 10.2 Å². The van der Waals surface area contributed by atoms with Crippen molar-refractivity contribution in [1.29, 1.82) is 0 Å². The normalized spacial score (nSPS) is 22.2. The van der Waals surface area contributed by atoms with Gasteiger partial charge in [0.2, 0.25) is 0 Å². The maximum atomic E-state index is 12.8. The molecule has 0 radical (unpaired) electrons. The van der Waals surface area contributed by atoms with Gasteiger partial charge in [-0.25, -0.2) is 4.68 Å². The van der Waals surface area contributed by atoms with Gasteiger partial charge in [-0.3, -0.25) is 14.7 Å². The largest absolute Gasteiger partial charge is 0.377 e. The van der Waals surface area contributed by atoms with E-state index < -0.39 is 0 Å². The lowest BCUT2D eigenvalue weighted by molar-refractivity contribution is 0.0921. The van der Waals surface area contributed by atoms with Crippen molar-refractivity contribution in [2.24, 2.45) is 0 Å². The molecular weight excluding hydrogens is 346 g/mol. The number of ether oxygens (including phenoxy) is 1. The summed E-state index contributed by atoms with van der Waals surface area (Å²) in [5.41, 5.74) is 1.89. The van der Waals surface area contributed by atoms with Crippen molar-refractivity contribution in [3.05, 3.63) is 58.1 Å². The quantitative estimate of drug-likeness (QED) is 0.727. The SMILES string of the molecule is O=C(NC1COCC1n1nc(C2CC2)ccc1=O)c1n[nH]c2ccccc12. The highest BCUT2D eigenvalue weighted by atomic mass is 16.5. The fourth-order valence-electron chi connectivity index (χ4n) is 3.57. The van der Waals surface area contributed by atoms with Crippen LogP contribution in [0.1, 0.15) is 41.0 Å². The molecule has 2 unspecified atom stereocenters. The molecule has 1 saturated carbocycles. The van der Waals surface area contributed by atoms with Gasteiger partial charge in [-0.05, 0) is 25.0 Å². The van der Waals surface area contributed by atoms with Crippen LogP contribution in [0.25, 0.3) is 10.9 Å². The molecule has 3 aromatic rings. The third kappa shape index (κ3) is 2.91. The van der Waals surface area contributed by atoms with Gasteiger partial charge in [0.05, 0.1) is 30.5 Å². The average molecular weight is 365 g/mol. The summed E-state index contributed by atoms with van der Waals surface area (Å²) in [5, 5.41) is 15.3. The number of rotatable bonds is 4. The fourth-order valence-corrected chi connectivity index (χ4v) is 3.57. The van der Waals surface area contributed by atoms with Crippen molar-refractivity contribution in [2.45, 2.75) is 30.8 Å². The molecule has 2 aromatic heterocycles. The third-order valence-corrected chi connectivity index (χ3v) is 5.21. The van der Waals surface area contributed by atoms with Crippen LogP contribution in [0.2, 0.25) is 0 Å². The first-order chi connectivity index (χ1) is 13.2. The van der Waals surface area contributed by atoms with E-state index in [9.17, 15) is 9.59 Å². The summed E-state index contributed by atoms with van der Waals surface area (Å²) in [6.45, 7) is 0.674. The Morgan fingerprint density at radius 2 is 2.04 bits per heavy atom. The van der Waals surface area contributed by atoms with Crippen LogP contribution in [0, 0.1) is 0 Å². The number of aromatic amines is 1. The number of carbonyl (C=O) groups is 1. The first-order valence-corrected chi connectivity index (χ1v) is 9.12. The summed E-state index contributed by atoms with van der Waals surface area (Å²) >= 11 is 0. The lowest BCUT2D eigenvalue weighted by Crippen LogP contribution is -2.44. The number of hydrogen-bond donors (Lipinski definition) is 2. The molecule has 138 valence electrons. The van der Waals surface area contributed by atoms with Crippen LogP contribution in [0.5, 0.6) is 0 Å². The van der Waals surface area contributed by atoms with E-state index in [2.05, 4.69) is 20.6 Å². The molecule has 8 heteroatoms. The number of benzene rings is 1. The molecule has 2 fully saturated rings. The lowest BCUT2D eigenvalue weighted by atomic mass is 10.1. The van der Waals surface area contributed by atoms with Gasteiger partial charge in [-0.1, -0.05) is 18.2 Å². The number of amides is 1. The van der Waals surface area contributed by atoms with Crippen molar-refractivity contribution in [3.63, 3.8) is 0 Å². The van der Waals surface area contributed by atoms with Crippen LogP contribution in [-0.4, -0.2) is 45.1 Å². The van der Waals surface area contributed by atoms with Crippen molar-refractivity contribution in [1.82, 2.24) is 25.3 Å². The first kappa shape index (κ1) is 16.2. The Bertz CT molecular complexity index is 1070. The summed E-state index contributed by atoms with van der Waals surface area (Å²) < 4.78 is 7.02. The van der Waals surface area contributed by atoms with Gasteiger partial charge in [0.15, 0.2) is 5.69 Å². The van der Waals surface area contributed by atoms with Crippen LogP contribution < -0.4 is 10.9 Å². The molecule has 0 spiro atoms. The predicted octanol–water partition coefficient (Wildman–Crippen LogP) is 1.37. The van der Waals surface area contributed by atoms with Gasteiger partial charge in [0, 0.05) is 17.4 Å². The van der Waals surface area contributed by atoms with E-state index in [1.807, 2.05) is 24.3 Å². The molecule has 27 heavy (non-hydrogen) atoms. The van der Waals surface area contributed by atoms with Gasteiger partial charge in [0.25, 0.3) is 11.5 Å². The monoisotopic (exact) mass is 365 g/mol. The molecule has 1 saturated heterocycles. The minimum absolute atomic E-state index is 0.181. The van der Waals surface area contributed by atoms with Crippen LogP contribution in [0.4, 0.5) is 0 Å². The summed E-state index contributed by atoms with van der Waals surface area (Å²) in [5.74, 6) is 0.155. The van der Waals surface area contributed by atoms with Gasteiger partial charge < -0.3 is 10.1 Å². The molecule has 1 amide bonds. The Morgan fingerprint density at radius 1 is 1.19 bits per heavy atom. The predicted molar refractivity (Wildman–Crippen MR) is 97.7 cm³/mol. The van der Waals surface area contributed by atoms with Crippen LogP contribution in [-0.2, 0) is 4.74 Å². The molecular formula is C19H19N5O3. The van der Waals surface area contributed by atoms with Crippen molar-refractivity contribution in [2.75, 3.05) is 13.2 Å². The maximum Gasteiger partial charge on any atom is 0.272 e. The number of fused-ring (bicyclic) bond motifs is 1. The Hall–Kier alpha value is -3.00. The fraction of sp³-hybridized carbons (Fsp3) is 0.368. The number of aromatic nitrogens is 4. The topological polar surface area (TPSA) is 102 Å². The molecule has 8 nitrogen and oxygen atoms in total. The molecule has 2 N–H and O–H groups in total. The van der Waals surface area contributed by atoms with E-state index in [4.69, 9.17) is 4.74 Å². The lowest BCUT2D eigenvalue weighted by Gasteiger charge is -2.20. The number of hydrogen-bond acceptors (Lipinski definition) is 5. The second kappa shape index (κ2) is 6.31. The Morgan fingerprint density at radius 3 is 2.89 bits per heavy atom. The van der Waals surface area contributed by atoms with E-state index in [1.54, 1.807) is 12.1 Å². The summed E-state index contributed by atoms with van der Waals surface area (Å²) in [7, 11) is 0. The van der Waals surface area contributed by atoms with Crippen LogP contribution in [0.15, 0.2) is 41.2 Å². The first-order valence-electron chi connectivity index (χ1n) is 9.12. The molecule has 1 aliphatic heterocycles. The van der Waals surface area contributed by atoms with E-state index in [-0.39, 0.29) is 23.6 Å². The molecule has 2 aliphatic rings. The van der Waals surface area contributed by atoms with E-state index in [0.29, 0.717) is 24.8 Å². The van der Waals surface area contributed by atoms with Crippen molar-refractivity contribution in [3.8, 4) is 0 Å². The number of para-hydroxylation sites is 1. The number of carbonyl (C=O) groups excluding carboxylic acids is 1. The minimum Gasteiger partial charge on any atom is -0.377 e. The molecule has 5 rings (SSSR count). The third-order valence-electron chi connectivity index (χ3n) is 5.21. The zero-order valence-corrected chi connectivity index (χ0v) is 14.6. The molecule has 2 atom stereocenters. The zero-order chi connectivity index (χ0) is 18.4. The number of nitrogens with zero attached hydrogens (tertiary/aromatic N) is 3. The van der Waals surface area contributed by atoms with Crippen LogP contribution in [0.3, 0.4) is 0 Å². The maximum absolute atomic E-state index is 12.8. The van der Waals surface area contributed by atoms with Gasteiger partial charge >= 0.3 is 0 Å². The van der Waals surface area contributed by atoms with Gasteiger partial charge in [-0.15, -0.1) is 0 Å². The Balaban J connectivity index is 1.41. The van der Waals surface area contributed by atoms with E-state index >= 15 is 0 Å². The summed E-state index contributed by atoms with van der Waals surface area (Å²) in [6, 6.07) is 10.2. The number of H-pyrrole nitrogens is 1. The van der Waals surface area contributed by atoms with Crippen molar-refractivity contribution >= 4 is 16.8 Å². The van der Waals surface area contributed by atoms with Crippen molar-refractivity contribution < 1.29 is 9.53 Å². The van der Waals surface area contributed by atoms with Crippen LogP contribution >= 0.6 is 0 Å². The zero-order valence-electron chi connectivity index (χ0n) is 14.6. The highest BCUT2D eigenvalue weighted by molar-refractivity contribution is 6.04. The van der Waals surface area contributed by atoms with Gasteiger partial charge in [0.1, 0.15) is 6.04 Å². The highest BCUT2D eigenvalue weighted by Gasteiger charge is 2.34. The standard InChI is InChI=1S/C19H19N5O3/c25-17-8-7-13(11-5-6-11)23-24(17)16-10-27-9-15(16)20-19(26)18-12-3-1-2-4-14(12)21-22-18/h1-4,7-8,11,15-16H,5-6,9-10H2,(H,20,26)(H,21,22). The number of nitrogens with one attached hydrogen (secondary N) is 2. The average Bonchev–Trinajstić information content (AvgIpc) is 3.28. The molecule has 1 aromatic carbocycles. The van der Waals surface area contributed by atoms with E-state index in [0.717, 1.165) is 29.4 Å².